The second kappa shape index (κ2) is 5.34. The molecule has 1 aliphatic rings. The second-order valence-electron chi connectivity index (χ2n) is 5.93. The molecule has 0 radical (unpaired) electrons. The lowest BCUT2D eigenvalue weighted by Crippen LogP contribution is -2.38. The van der Waals surface area contributed by atoms with Crippen molar-refractivity contribution in [1.29, 1.82) is 0 Å². The first kappa shape index (κ1) is 13.8. The summed E-state index contributed by atoms with van der Waals surface area (Å²) in [5.41, 5.74) is 3.15. The standard InChI is InChI=1S/C15H21ClN4/c1-10-4-6-17-15-14(10)18-13(8-16)20(15)12-5-7-19(3)9-11(12)2/h4,6,11-12H,5,7-9H2,1-3H3. The molecule has 2 aromatic rings. The number of hydrogen-bond acceptors (Lipinski definition) is 3. The molecule has 1 fully saturated rings. The molecule has 2 unspecified atom stereocenters. The molecule has 1 saturated heterocycles. The van der Waals surface area contributed by atoms with Crippen LogP contribution in [0.25, 0.3) is 11.2 Å². The van der Waals surface area contributed by atoms with Crippen molar-refractivity contribution in [2.75, 3.05) is 20.1 Å². The van der Waals surface area contributed by atoms with Crippen LogP contribution in [0.5, 0.6) is 0 Å². The Morgan fingerprint density at radius 1 is 1.45 bits per heavy atom. The zero-order valence-electron chi connectivity index (χ0n) is 12.3. The number of aryl methyl sites for hydroxylation is 1. The molecule has 5 heteroatoms. The first-order chi connectivity index (χ1) is 9.61. The van der Waals surface area contributed by atoms with Crippen molar-refractivity contribution in [3.8, 4) is 0 Å². The van der Waals surface area contributed by atoms with E-state index in [-0.39, 0.29) is 0 Å². The number of halogens is 1. The van der Waals surface area contributed by atoms with Gasteiger partial charge in [0.1, 0.15) is 11.3 Å². The van der Waals surface area contributed by atoms with Gasteiger partial charge >= 0.3 is 0 Å². The van der Waals surface area contributed by atoms with Gasteiger partial charge in [0, 0.05) is 18.8 Å². The first-order valence-corrected chi connectivity index (χ1v) is 7.72. The van der Waals surface area contributed by atoms with Crippen LogP contribution in [0.3, 0.4) is 0 Å². The fraction of sp³-hybridized carbons (Fsp3) is 0.600. The maximum atomic E-state index is 6.13. The fourth-order valence-corrected chi connectivity index (χ4v) is 3.51. The highest BCUT2D eigenvalue weighted by molar-refractivity contribution is 6.16. The maximum absolute atomic E-state index is 6.13. The molecule has 0 bridgehead atoms. The van der Waals surface area contributed by atoms with E-state index in [1.54, 1.807) is 0 Å². The Kier molecular flexibility index (Phi) is 3.69. The largest absolute Gasteiger partial charge is 0.308 e. The van der Waals surface area contributed by atoms with Gasteiger partial charge in [-0.25, -0.2) is 9.97 Å². The van der Waals surface area contributed by atoms with Crippen molar-refractivity contribution >= 4 is 22.8 Å². The molecule has 0 N–H and O–H groups in total. The van der Waals surface area contributed by atoms with Gasteiger partial charge in [-0.05, 0) is 44.5 Å². The first-order valence-electron chi connectivity index (χ1n) is 7.18. The van der Waals surface area contributed by atoms with E-state index in [2.05, 4.69) is 35.3 Å². The lowest BCUT2D eigenvalue weighted by molar-refractivity contribution is 0.159. The summed E-state index contributed by atoms with van der Waals surface area (Å²) in [6.07, 6.45) is 3.00. The number of nitrogens with zero attached hydrogens (tertiary/aromatic N) is 4. The molecule has 2 aromatic heterocycles. The molecule has 3 heterocycles. The molecular weight excluding hydrogens is 272 g/mol. The summed E-state index contributed by atoms with van der Waals surface area (Å²) >= 11 is 6.13. The summed E-state index contributed by atoms with van der Waals surface area (Å²) in [4.78, 5) is 11.7. The Balaban J connectivity index is 2.12. The number of piperidine rings is 1. The van der Waals surface area contributed by atoms with Gasteiger partial charge in [-0.2, -0.15) is 0 Å². The van der Waals surface area contributed by atoms with Gasteiger partial charge in [0.2, 0.25) is 0 Å². The van der Waals surface area contributed by atoms with Crippen molar-refractivity contribution in [2.24, 2.45) is 5.92 Å². The van der Waals surface area contributed by atoms with E-state index in [9.17, 15) is 0 Å². The average Bonchev–Trinajstić information content (AvgIpc) is 2.79. The highest BCUT2D eigenvalue weighted by atomic mass is 35.5. The lowest BCUT2D eigenvalue weighted by Gasteiger charge is -2.36. The van der Waals surface area contributed by atoms with Crippen molar-refractivity contribution in [3.63, 3.8) is 0 Å². The summed E-state index contributed by atoms with van der Waals surface area (Å²) in [5, 5.41) is 0. The SMILES string of the molecule is Cc1ccnc2c1nc(CCl)n2C1CCN(C)CC1C. The van der Waals surface area contributed by atoms with Crippen LogP contribution in [0.4, 0.5) is 0 Å². The summed E-state index contributed by atoms with van der Waals surface area (Å²) < 4.78 is 2.28. The number of fused-ring (bicyclic) bond motifs is 1. The van der Waals surface area contributed by atoms with Crippen LogP contribution < -0.4 is 0 Å². The van der Waals surface area contributed by atoms with E-state index in [1.165, 1.54) is 5.56 Å². The minimum absolute atomic E-state index is 0.439. The molecule has 3 rings (SSSR count). The molecule has 0 aromatic carbocycles. The number of aromatic nitrogens is 3. The summed E-state index contributed by atoms with van der Waals surface area (Å²) in [6, 6.07) is 2.45. The van der Waals surface area contributed by atoms with E-state index in [0.717, 1.165) is 36.5 Å². The van der Waals surface area contributed by atoms with Crippen molar-refractivity contribution < 1.29 is 0 Å². The highest BCUT2D eigenvalue weighted by Crippen LogP contribution is 2.32. The van der Waals surface area contributed by atoms with Crippen LogP contribution >= 0.6 is 11.6 Å². The molecule has 0 saturated carbocycles. The van der Waals surface area contributed by atoms with Gasteiger partial charge in [0.05, 0.1) is 5.88 Å². The van der Waals surface area contributed by atoms with Crippen LogP contribution in [0.2, 0.25) is 0 Å². The Morgan fingerprint density at radius 3 is 2.95 bits per heavy atom. The van der Waals surface area contributed by atoms with E-state index >= 15 is 0 Å². The third-order valence-electron chi connectivity index (χ3n) is 4.37. The predicted molar refractivity (Wildman–Crippen MR) is 82.1 cm³/mol. The number of pyridine rings is 1. The Morgan fingerprint density at radius 2 is 2.25 bits per heavy atom. The summed E-state index contributed by atoms with van der Waals surface area (Å²) in [5.74, 6) is 1.97. The molecule has 2 atom stereocenters. The minimum atomic E-state index is 0.439. The third-order valence-corrected chi connectivity index (χ3v) is 4.61. The molecule has 0 amide bonds. The number of hydrogen-bond donors (Lipinski definition) is 0. The quantitative estimate of drug-likeness (QED) is 0.798. The van der Waals surface area contributed by atoms with E-state index in [0.29, 0.717) is 17.8 Å². The van der Waals surface area contributed by atoms with Crippen LogP contribution in [0.1, 0.15) is 30.8 Å². The molecule has 0 aliphatic carbocycles. The molecule has 1 aliphatic heterocycles. The smallest absolute Gasteiger partial charge is 0.160 e. The molecule has 20 heavy (non-hydrogen) atoms. The van der Waals surface area contributed by atoms with Crippen molar-refractivity contribution in [2.45, 2.75) is 32.2 Å². The predicted octanol–water partition coefficient (Wildman–Crippen LogP) is 2.99. The van der Waals surface area contributed by atoms with Crippen LogP contribution in [0, 0.1) is 12.8 Å². The lowest BCUT2D eigenvalue weighted by atomic mass is 9.94. The van der Waals surface area contributed by atoms with Crippen LogP contribution in [-0.4, -0.2) is 39.6 Å². The summed E-state index contributed by atoms with van der Waals surface area (Å²) in [7, 11) is 2.18. The zero-order chi connectivity index (χ0) is 14.3. The number of rotatable bonds is 2. The van der Waals surface area contributed by atoms with E-state index < -0.39 is 0 Å². The Hall–Kier alpha value is -1.13. The highest BCUT2D eigenvalue weighted by Gasteiger charge is 2.29. The Labute approximate surface area is 124 Å². The van der Waals surface area contributed by atoms with Gasteiger partial charge in [-0.15, -0.1) is 11.6 Å². The van der Waals surface area contributed by atoms with E-state index in [4.69, 9.17) is 16.6 Å². The number of imidazole rings is 1. The maximum Gasteiger partial charge on any atom is 0.160 e. The molecule has 0 spiro atoms. The summed E-state index contributed by atoms with van der Waals surface area (Å²) in [6.45, 7) is 6.61. The third kappa shape index (κ3) is 2.21. The Bertz CT molecular complexity index is 622. The average molecular weight is 293 g/mol. The van der Waals surface area contributed by atoms with Gasteiger partial charge in [0.25, 0.3) is 0 Å². The van der Waals surface area contributed by atoms with Gasteiger partial charge in [-0.1, -0.05) is 6.92 Å². The van der Waals surface area contributed by atoms with Crippen molar-refractivity contribution in [1.82, 2.24) is 19.4 Å². The van der Waals surface area contributed by atoms with Gasteiger partial charge < -0.3 is 9.47 Å². The monoisotopic (exact) mass is 292 g/mol. The van der Waals surface area contributed by atoms with Gasteiger partial charge in [-0.3, -0.25) is 0 Å². The molecule has 4 nitrogen and oxygen atoms in total. The molecular formula is C15H21ClN4. The minimum Gasteiger partial charge on any atom is -0.308 e. The fourth-order valence-electron chi connectivity index (χ4n) is 3.32. The van der Waals surface area contributed by atoms with Crippen molar-refractivity contribution in [3.05, 3.63) is 23.7 Å². The van der Waals surface area contributed by atoms with E-state index in [1.807, 2.05) is 12.3 Å². The van der Waals surface area contributed by atoms with Crippen LogP contribution in [0.15, 0.2) is 12.3 Å². The zero-order valence-corrected chi connectivity index (χ0v) is 13.1. The second-order valence-corrected chi connectivity index (χ2v) is 6.19. The van der Waals surface area contributed by atoms with Gasteiger partial charge in [0.15, 0.2) is 5.65 Å². The topological polar surface area (TPSA) is 34.0 Å². The number of likely N-dealkylation sites (tertiary alicyclic amines) is 1. The van der Waals surface area contributed by atoms with Crippen LogP contribution in [-0.2, 0) is 5.88 Å². The normalized spacial score (nSPS) is 24.4. The molecule has 108 valence electrons. The number of alkyl halides is 1.